The quantitative estimate of drug-likeness (QED) is 0.791. The maximum absolute atomic E-state index is 12.5. The third kappa shape index (κ3) is 4.11. The van der Waals surface area contributed by atoms with Crippen LogP contribution in [-0.4, -0.2) is 52.1 Å². The molecule has 1 aromatic carbocycles. The van der Waals surface area contributed by atoms with Crippen LogP contribution in [0.3, 0.4) is 0 Å². The highest BCUT2D eigenvalue weighted by Gasteiger charge is 2.38. The highest BCUT2D eigenvalue weighted by Crippen LogP contribution is 2.26. The molecule has 4 rings (SSSR count). The third-order valence-corrected chi connectivity index (χ3v) is 5.62. The molecule has 8 nitrogen and oxygen atoms in total. The standard InChI is InChI=1S/C19H23ClN6O2/c20-14-6-4-13(5-7-14)17-23-15(28-25-17)2-1-3-16(27)26-10-8-19(9-11-26)12-22-18(21)24-19/h4-7H,1-3,8-12H2,(H3,21,22,24). The molecule has 1 fully saturated rings. The lowest BCUT2D eigenvalue weighted by molar-refractivity contribution is -0.132. The summed E-state index contributed by atoms with van der Waals surface area (Å²) in [5, 5.41) is 7.93. The van der Waals surface area contributed by atoms with Crippen LogP contribution in [0.1, 0.15) is 31.6 Å². The van der Waals surface area contributed by atoms with Crippen LogP contribution in [0.5, 0.6) is 0 Å². The molecule has 0 aliphatic carbocycles. The van der Waals surface area contributed by atoms with E-state index in [2.05, 4.69) is 20.4 Å². The molecule has 9 heteroatoms. The number of nitrogens with zero attached hydrogens (tertiary/aromatic N) is 4. The summed E-state index contributed by atoms with van der Waals surface area (Å²) in [6.45, 7) is 2.17. The number of aliphatic imine (C=N–C) groups is 1. The first kappa shape index (κ1) is 18.7. The molecule has 0 atom stereocenters. The highest BCUT2D eigenvalue weighted by atomic mass is 35.5. The van der Waals surface area contributed by atoms with Crippen LogP contribution in [0, 0.1) is 0 Å². The summed E-state index contributed by atoms with van der Waals surface area (Å²) in [4.78, 5) is 23.1. The van der Waals surface area contributed by atoms with Crippen LogP contribution in [0.25, 0.3) is 11.4 Å². The van der Waals surface area contributed by atoms with Crippen molar-refractivity contribution >= 4 is 23.5 Å². The number of hydrogen-bond donors (Lipinski definition) is 2. The van der Waals surface area contributed by atoms with Gasteiger partial charge in [0.25, 0.3) is 0 Å². The normalized spacial score (nSPS) is 18.2. The van der Waals surface area contributed by atoms with Gasteiger partial charge in [-0.05, 0) is 43.5 Å². The van der Waals surface area contributed by atoms with Gasteiger partial charge < -0.3 is 20.5 Å². The SMILES string of the molecule is NC1=NCC2(CCN(C(=O)CCCc3nc(-c4ccc(Cl)cc4)no3)CC2)N1. The zero-order chi connectivity index (χ0) is 19.6. The zero-order valence-corrected chi connectivity index (χ0v) is 16.3. The molecule has 0 saturated carbocycles. The number of carbonyl (C=O) groups is 1. The van der Waals surface area contributed by atoms with E-state index in [1.807, 2.05) is 17.0 Å². The zero-order valence-electron chi connectivity index (χ0n) is 15.5. The minimum absolute atomic E-state index is 0.0529. The first-order valence-corrected chi connectivity index (χ1v) is 9.85. The lowest BCUT2D eigenvalue weighted by atomic mass is 9.88. The summed E-state index contributed by atoms with van der Waals surface area (Å²) >= 11 is 5.89. The van der Waals surface area contributed by atoms with Crippen LogP contribution in [0.15, 0.2) is 33.8 Å². The van der Waals surface area contributed by atoms with Crippen molar-refractivity contribution in [3.8, 4) is 11.4 Å². The number of carbonyl (C=O) groups excluding carboxylic acids is 1. The predicted molar refractivity (Wildman–Crippen MR) is 106 cm³/mol. The van der Waals surface area contributed by atoms with Gasteiger partial charge in [0.15, 0.2) is 5.96 Å². The fraction of sp³-hybridized carbons (Fsp3) is 0.474. The van der Waals surface area contributed by atoms with Gasteiger partial charge >= 0.3 is 0 Å². The van der Waals surface area contributed by atoms with Crippen molar-refractivity contribution in [2.24, 2.45) is 10.7 Å². The van der Waals surface area contributed by atoms with E-state index in [1.165, 1.54) is 0 Å². The lowest BCUT2D eigenvalue weighted by Crippen LogP contribution is -2.55. The summed E-state index contributed by atoms with van der Waals surface area (Å²) in [5.74, 6) is 1.75. The number of guanidine groups is 1. The van der Waals surface area contributed by atoms with E-state index in [0.717, 1.165) is 31.5 Å². The van der Waals surface area contributed by atoms with E-state index < -0.39 is 0 Å². The second kappa shape index (κ2) is 7.79. The van der Waals surface area contributed by atoms with Crippen LogP contribution >= 0.6 is 11.6 Å². The third-order valence-electron chi connectivity index (χ3n) is 5.37. The lowest BCUT2D eigenvalue weighted by Gasteiger charge is -2.39. The number of hydrogen-bond acceptors (Lipinski definition) is 7. The number of piperidine rings is 1. The van der Waals surface area contributed by atoms with Crippen LogP contribution in [0.2, 0.25) is 5.02 Å². The first-order chi connectivity index (χ1) is 13.5. The maximum Gasteiger partial charge on any atom is 0.226 e. The molecular weight excluding hydrogens is 380 g/mol. The number of amides is 1. The number of aryl methyl sites for hydroxylation is 1. The number of aromatic nitrogens is 2. The van der Waals surface area contributed by atoms with Crippen molar-refractivity contribution in [3.63, 3.8) is 0 Å². The fourth-order valence-corrected chi connectivity index (χ4v) is 3.80. The minimum atomic E-state index is -0.0529. The number of nitrogens with one attached hydrogen (secondary N) is 1. The van der Waals surface area contributed by atoms with Crippen LogP contribution in [0.4, 0.5) is 0 Å². The van der Waals surface area contributed by atoms with Gasteiger partial charge in [-0.2, -0.15) is 4.98 Å². The molecule has 1 spiro atoms. The average Bonchev–Trinajstić information content (AvgIpc) is 3.30. The van der Waals surface area contributed by atoms with Crippen molar-refractivity contribution in [2.45, 2.75) is 37.6 Å². The van der Waals surface area contributed by atoms with Crippen LogP contribution < -0.4 is 11.1 Å². The molecule has 0 bridgehead atoms. The Morgan fingerprint density at radius 1 is 1.29 bits per heavy atom. The van der Waals surface area contributed by atoms with Crippen molar-refractivity contribution in [1.82, 2.24) is 20.4 Å². The van der Waals surface area contributed by atoms with E-state index in [1.54, 1.807) is 12.1 Å². The Kier molecular flexibility index (Phi) is 5.21. The summed E-state index contributed by atoms with van der Waals surface area (Å²) in [6, 6.07) is 7.27. The van der Waals surface area contributed by atoms with Gasteiger partial charge in [0.1, 0.15) is 0 Å². The average molecular weight is 403 g/mol. The molecule has 28 heavy (non-hydrogen) atoms. The number of rotatable bonds is 5. The minimum Gasteiger partial charge on any atom is -0.370 e. The summed E-state index contributed by atoms with van der Waals surface area (Å²) in [5.41, 5.74) is 6.53. The van der Waals surface area contributed by atoms with E-state index >= 15 is 0 Å². The Morgan fingerprint density at radius 2 is 2.04 bits per heavy atom. The molecule has 1 amide bonds. The second-order valence-electron chi connectivity index (χ2n) is 7.36. The monoisotopic (exact) mass is 402 g/mol. The van der Waals surface area contributed by atoms with Crippen molar-refractivity contribution in [2.75, 3.05) is 19.6 Å². The number of benzene rings is 1. The fourth-order valence-electron chi connectivity index (χ4n) is 3.68. The Morgan fingerprint density at radius 3 is 2.71 bits per heavy atom. The van der Waals surface area contributed by atoms with Gasteiger partial charge in [0.05, 0.1) is 12.1 Å². The Hall–Kier alpha value is -2.61. The number of halogens is 1. The van der Waals surface area contributed by atoms with E-state index in [9.17, 15) is 4.79 Å². The largest absolute Gasteiger partial charge is 0.370 e. The first-order valence-electron chi connectivity index (χ1n) is 9.47. The van der Waals surface area contributed by atoms with Gasteiger partial charge in [-0.1, -0.05) is 16.8 Å². The smallest absolute Gasteiger partial charge is 0.226 e. The van der Waals surface area contributed by atoms with Crippen molar-refractivity contribution in [1.29, 1.82) is 0 Å². The molecule has 0 radical (unpaired) electrons. The molecular formula is C19H23ClN6O2. The van der Waals surface area contributed by atoms with Gasteiger partial charge in [-0.3, -0.25) is 9.79 Å². The Bertz CT molecular complexity index is 871. The number of nitrogens with two attached hydrogens (primary N) is 1. The predicted octanol–water partition coefficient (Wildman–Crippen LogP) is 1.99. The summed E-state index contributed by atoms with van der Waals surface area (Å²) < 4.78 is 5.30. The summed E-state index contributed by atoms with van der Waals surface area (Å²) in [6.07, 6.45) is 3.47. The molecule has 2 aliphatic rings. The van der Waals surface area contributed by atoms with E-state index in [4.69, 9.17) is 21.9 Å². The Balaban J connectivity index is 1.22. The van der Waals surface area contributed by atoms with Gasteiger partial charge in [0, 0.05) is 36.5 Å². The van der Waals surface area contributed by atoms with E-state index in [-0.39, 0.29) is 11.4 Å². The molecule has 1 aromatic heterocycles. The van der Waals surface area contributed by atoms with Crippen molar-refractivity contribution < 1.29 is 9.32 Å². The second-order valence-corrected chi connectivity index (χ2v) is 7.80. The molecule has 148 valence electrons. The molecule has 3 heterocycles. The topological polar surface area (TPSA) is 110 Å². The molecule has 3 N–H and O–H groups in total. The molecule has 1 saturated heterocycles. The molecule has 2 aromatic rings. The number of likely N-dealkylation sites (tertiary alicyclic amines) is 1. The van der Waals surface area contributed by atoms with E-state index in [0.29, 0.717) is 48.5 Å². The van der Waals surface area contributed by atoms with Gasteiger partial charge in [-0.15, -0.1) is 0 Å². The summed E-state index contributed by atoms with van der Waals surface area (Å²) in [7, 11) is 0. The highest BCUT2D eigenvalue weighted by molar-refractivity contribution is 6.30. The van der Waals surface area contributed by atoms with Gasteiger partial charge in [0.2, 0.25) is 17.6 Å². The van der Waals surface area contributed by atoms with Crippen molar-refractivity contribution in [3.05, 3.63) is 35.2 Å². The molecule has 0 unspecified atom stereocenters. The van der Waals surface area contributed by atoms with Crippen LogP contribution in [-0.2, 0) is 11.2 Å². The maximum atomic E-state index is 12.5. The molecule has 2 aliphatic heterocycles. The van der Waals surface area contributed by atoms with Gasteiger partial charge in [-0.25, -0.2) is 0 Å². The Labute approximate surface area is 168 Å².